The first-order chi connectivity index (χ1) is 10.3. The number of carbonyl (C=O) groups is 1. The fourth-order valence-corrected chi connectivity index (χ4v) is 4.30. The van der Waals surface area contributed by atoms with Crippen molar-refractivity contribution >= 4 is 23.4 Å². The molecule has 1 saturated carbocycles. The molecule has 2 N–H and O–H groups in total. The molecule has 0 bridgehead atoms. The third kappa shape index (κ3) is 3.61. The monoisotopic (exact) mass is 304 g/mol. The van der Waals surface area contributed by atoms with Crippen LogP contribution in [0.5, 0.6) is 0 Å². The van der Waals surface area contributed by atoms with Crippen LogP contribution in [0.2, 0.25) is 0 Å². The van der Waals surface area contributed by atoms with E-state index in [2.05, 4.69) is 29.7 Å². The molecular formula is C17H24N2OS. The van der Waals surface area contributed by atoms with Gasteiger partial charge in [0.1, 0.15) is 0 Å². The van der Waals surface area contributed by atoms with Crippen molar-refractivity contribution in [1.82, 2.24) is 5.32 Å². The van der Waals surface area contributed by atoms with Crippen LogP contribution >= 0.6 is 11.8 Å². The average molecular weight is 304 g/mol. The van der Waals surface area contributed by atoms with Crippen LogP contribution in [-0.4, -0.2) is 23.7 Å². The zero-order chi connectivity index (χ0) is 14.7. The molecule has 3 rings (SSSR count). The first-order valence-corrected chi connectivity index (χ1v) is 9.04. The van der Waals surface area contributed by atoms with E-state index in [1.807, 2.05) is 12.1 Å². The normalized spacial score (nSPS) is 28.1. The van der Waals surface area contributed by atoms with Gasteiger partial charge in [-0.1, -0.05) is 25.8 Å². The van der Waals surface area contributed by atoms with Crippen molar-refractivity contribution in [3.63, 3.8) is 0 Å². The summed E-state index contributed by atoms with van der Waals surface area (Å²) in [6.45, 7) is 2.14. The van der Waals surface area contributed by atoms with E-state index >= 15 is 0 Å². The van der Waals surface area contributed by atoms with Crippen LogP contribution in [0.25, 0.3) is 0 Å². The van der Waals surface area contributed by atoms with E-state index in [1.54, 1.807) is 11.8 Å². The highest BCUT2D eigenvalue weighted by Crippen LogP contribution is 2.33. The molecule has 4 heteroatoms. The van der Waals surface area contributed by atoms with Crippen LogP contribution < -0.4 is 10.6 Å². The second-order valence-electron chi connectivity index (χ2n) is 6.06. The fourth-order valence-electron chi connectivity index (χ4n) is 3.58. The molecule has 0 radical (unpaired) electrons. The van der Waals surface area contributed by atoms with Gasteiger partial charge in [-0.25, -0.2) is 0 Å². The molecule has 1 aliphatic heterocycles. The van der Waals surface area contributed by atoms with E-state index in [-0.39, 0.29) is 11.9 Å². The highest BCUT2D eigenvalue weighted by atomic mass is 32.2. The summed E-state index contributed by atoms with van der Waals surface area (Å²) in [5.41, 5.74) is 0.912. The van der Waals surface area contributed by atoms with Gasteiger partial charge in [-0.2, -0.15) is 0 Å². The van der Waals surface area contributed by atoms with Crippen molar-refractivity contribution in [3.8, 4) is 0 Å². The SMILES string of the molecule is CCSc1cccc(NC(=O)C2CC3CCCCC3N2)c1. The molecule has 3 atom stereocenters. The Balaban J connectivity index is 1.60. The van der Waals surface area contributed by atoms with Gasteiger partial charge in [-0.15, -0.1) is 11.8 Å². The van der Waals surface area contributed by atoms with Crippen LogP contribution in [0.1, 0.15) is 39.0 Å². The Kier molecular flexibility index (Phi) is 4.86. The number of rotatable bonds is 4. The highest BCUT2D eigenvalue weighted by Gasteiger charge is 2.38. The molecule has 3 unspecified atom stereocenters. The van der Waals surface area contributed by atoms with E-state index in [0.29, 0.717) is 12.0 Å². The van der Waals surface area contributed by atoms with Crippen LogP contribution in [0, 0.1) is 5.92 Å². The topological polar surface area (TPSA) is 41.1 Å². The lowest BCUT2D eigenvalue weighted by molar-refractivity contribution is -0.117. The Morgan fingerprint density at radius 1 is 1.38 bits per heavy atom. The summed E-state index contributed by atoms with van der Waals surface area (Å²) >= 11 is 1.80. The van der Waals surface area contributed by atoms with Crippen LogP contribution in [0.4, 0.5) is 5.69 Å². The van der Waals surface area contributed by atoms with Gasteiger partial charge in [-0.05, 0) is 49.1 Å². The zero-order valence-electron chi connectivity index (χ0n) is 12.6. The van der Waals surface area contributed by atoms with E-state index in [4.69, 9.17) is 0 Å². The van der Waals surface area contributed by atoms with Gasteiger partial charge in [-0.3, -0.25) is 4.79 Å². The number of nitrogens with one attached hydrogen (secondary N) is 2. The lowest BCUT2D eigenvalue weighted by atomic mass is 9.85. The minimum atomic E-state index is -0.0133. The van der Waals surface area contributed by atoms with Crippen molar-refractivity contribution in [2.45, 2.75) is 56.0 Å². The van der Waals surface area contributed by atoms with Crippen molar-refractivity contribution in [3.05, 3.63) is 24.3 Å². The van der Waals surface area contributed by atoms with Gasteiger partial charge in [0, 0.05) is 16.6 Å². The molecule has 1 aliphatic carbocycles. The van der Waals surface area contributed by atoms with E-state index < -0.39 is 0 Å². The van der Waals surface area contributed by atoms with E-state index in [1.165, 1.54) is 30.6 Å². The number of amides is 1. The molecule has 2 fully saturated rings. The molecule has 1 saturated heterocycles. The second-order valence-corrected chi connectivity index (χ2v) is 7.39. The quantitative estimate of drug-likeness (QED) is 0.834. The molecular weight excluding hydrogens is 280 g/mol. The summed E-state index contributed by atoms with van der Waals surface area (Å²) in [6, 6.07) is 8.69. The number of fused-ring (bicyclic) bond motifs is 1. The van der Waals surface area contributed by atoms with Gasteiger partial charge < -0.3 is 10.6 Å². The van der Waals surface area contributed by atoms with Crippen LogP contribution in [0.3, 0.4) is 0 Å². The maximum Gasteiger partial charge on any atom is 0.241 e. The van der Waals surface area contributed by atoms with Crippen molar-refractivity contribution in [1.29, 1.82) is 0 Å². The second kappa shape index (κ2) is 6.84. The van der Waals surface area contributed by atoms with Gasteiger partial charge >= 0.3 is 0 Å². The smallest absolute Gasteiger partial charge is 0.241 e. The maximum absolute atomic E-state index is 12.4. The molecule has 1 aromatic rings. The Bertz CT molecular complexity index is 491. The van der Waals surface area contributed by atoms with Crippen molar-refractivity contribution in [2.75, 3.05) is 11.1 Å². The number of hydrogen-bond donors (Lipinski definition) is 2. The predicted octanol–water partition coefficient (Wildman–Crippen LogP) is 3.66. The number of carbonyl (C=O) groups excluding carboxylic acids is 1. The zero-order valence-corrected chi connectivity index (χ0v) is 13.4. The van der Waals surface area contributed by atoms with Gasteiger partial charge in [0.25, 0.3) is 0 Å². The third-order valence-corrected chi connectivity index (χ3v) is 5.47. The Morgan fingerprint density at radius 2 is 2.24 bits per heavy atom. The summed E-state index contributed by atoms with van der Waals surface area (Å²) < 4.78 is 0. The molecule has 2 aliphatic rings. The number of thioether (sulfide) groups is 1. The predicted molar refractivity (Wildman–Crippen MR) is 88.8 cm³/mol. The Hall–Kier alpha value is -1.00. The van der Waals surface area contributed by atoms with Crippen molar-refractivity contribution < 1.29 is 4.79 Å². The first-order valence-electron chi connectivity index (χ1n) is 8.06. The highest BCUT2D eigenvalue weighted by molar-refractivity contribution is 7.99. The van der Waals surface area contributed by atoms with Crippen LogP contribution in [-0.2, 0) is 4.79 Å². The van der Waals surface area contributed by atoms with Gasteiger partial charge in [0.15, 0.2) is 0 Å². The molecule has 3 nitrogen and oxygen atoms in total. The Labute approximate surface area is 131 Å². The fraction of sp³-hybridized carbons (Fsp3) is 0.588. The summed E-state index contributed by atoms with van der Waals surface area (Å²) in [7, 11) is 0. The number of hydrogen-bond acceptors (Lipinski definition) is 3. The Morgan fingerprint density at radius 3 is 3.05 bits per heavy atom. The van der Waals surface area contributed by atoms with Gasteiger partial charge in [0.2, 0.25) is 5.91 Å². The summed E-state index contributed by atoms with van der Waals surface area (Å²) in [6.07, 6.45) is 6.15. The lowest BCUT2D eigenvalue weighted by Crippen LogP contribution is -2.39. The lowest BCUT2D eigenvalue weighted by Gasteiger charge is -2.24. The molecule has 1 heterocycles. The van der Waals surface area contributed by atoms with Gasteiger partial charge in [0.05, 0.1) is 6.04 Å². The minimum absolute atomic E-state index is 0.0133. The van der Waals surface area contributed by atoms with E-state index in [9.17, 15) is 4.79 Å². The van der Waals surface area contributed by atoms with Crippen LogP contribution in [0.15, 0.2) is 29.2 Å². The van der Waals surface area contributed by atoms with Crippen molar-refractivity contribution in [2.24, 2.45) is 5.92 Å². The minimum Gasteiger partial charge on any atom is -0.325 e. The average Bonchev–Trinajstić information content (AvgIpc) is 2.92. The number of anilines is 1. The molecule has 114 valence electrons. The summed E-state index contributed by atoms with van der Waals surface area (Å²) in [5, 5.41) is 6.61. The first kappa shape index (κ1) is 14.9. The standard InChI is InChI=1S/C17H24N2OS/c1-2-21-14-8-5-7-13(11-14)18-17(20)16-10-12-6-3-4-9-15(12)19-16/h5,7-8,11-12,15-16,19H,2-4,6,9-10H2,1H3,(H,18,20). The number of benzene rings is 1. The molecule has 1 amide bonds. The maximum atomic E-state index is 12.4. The molecule has 0 aromatic heterocycles. The molecule has 1 aromatic carbocycles. The largest absolute Gasteiger partial charge is 0.325 e. The third-order valence-electron chi connectivity index (χ3n) is 4.59. The summed E-state index contributed by atoms with van der Waals surface area (Å²) in [4.78, 5) is 13.7. The molecule has 21 heavy (non-hydrogen) atoms. The van der Waals surface area contributed by atoms with E-state index in [0.717, 1.165) is 17.9 Å². The molecule has 0 spiro atoms. The summed E-state index contributed by atoms with van der Waals surface area (Å²) in [5.74, 6) is 1.88.